The summed E-state index contributed by atoms with van der Waals surface area (Å²) in [5.41, 5.74) is 3.13. The molecular weight excluding hydrogens is 422 g/mol. The molecule has 1 heterocycles. The van der Waals surface area contributed by atoms with Crippen molar-refractivity contribution in [1.29, 1.82) is 0 Å². The zero-order valence-corrected chi connectivity index (χ0v) is 16.8. The van der Waals surface area contributed by atoms with Crippen LogP contribution < -0.4 is 16.4 Å². The molecule has 0 radical (unpaired) electrons. The molecule has 31 heavy (non-hydrogen) atoms. The SMILES string of the molecule is NCCNCCNC(=O)C(O)C(O)C(O[C@@H]1OC2C(CO)[C@H](O)C(O)C21O)C(O)CO. The zero-order chi connectivity index (χ0) is 23.3. The fourth-order valence-electron chi connectivity index (χ4n) is 3.78. The first-order valence-corrected chi connectivity index (χ1v) is 9.98. The summed E-state index contributed by atoms with van der Waals surface area (Å²) in [7, 11) is 0. The largest absolute Gasteiger partial charge is 0.396 e. The third-order valence-corrected chi connectivity index (χ3v) is 5.64. The Hall–Kier alpha value is -1.01. The summed E-state index contributed by atoms with van der Waals surface area (Å²) in [6.07, 6.45) is -13.9. The van der Waals surface area contributed by atoms with E-state index in [-0.39, 0.29) is 6.54 Å². The average Bonchev–Trinajstić information content (AvgIpc) is 2.90. The maximum atomic E-state index is 12.1. The number of aliphatic hydroxyl groups excluding tert-OH is 7. The third kappa shape index (κ3) is 5.16. The van der Waals surface area contributed by atoms with Crippen molar-refractivity contribution >= 4 is 5.91 Å². The minimum atomic E-state index is -2.18. The van der Waals surface area contributed by atoms with Crippen molar-refractivity contribution in [2.24, 2.45) is 11.7 Å². The number of ether oxygens (including phenoxy) is 2. The Bertz CT molecular complexity index is 588. The zero-order valence-electron chi connectivity index (χ0n) is 16.8. The van der Waals surface area contributed by atoms with Crippen LogP contribution in [0.1, 0.15) is 0 Å². The van der Waals surface area contributed by atoms with Crippen molar-refractivity contribution in [3.05, 3.63) is 0 Å². The molecule has 1 aliphatic heterocycles. The number of rotatable bonds is 13. The molecule has 0 aromatic rings. The molecule has 10 atom stereocenters. The quantitative estimate of drug-likeness (QED) is 0.116. The van der Waals surface area contributed by atoms with Gasteiger partial charge in [0.05, 0.1) is 19.3 Å². The van der Waals surface area contributed by atoms with Crippen LogP contribution in [0.25, 0.3) is 0 Å². The van der Waals surface area contributed by atoms with Gasteiger partial charge in [0.1, 0.15) is 30.5 Å². The summed E-state index contributed by atoms with van der Waals surface area (Å²) in [5.74, 6) is -1.99. The van der Waals surface area contributed by atoms with E-state index >= 15 is 0 Å². The van der Waals surface area contributed by atoms with Crippen LogP contribution in [0.5, 0.6) is 0 Å². The van der Waals surface area contributed by atoms with Gasteiger partial charge in [-0.25, -0.2) is 0 Å². The van der Waals surface area contributed by atoms with Crippen molar-refractivity contribution in [1.82, 2.24) is 10.6 Å². The topological polar surface area (TPSA) is 247 Å². The van der Waals surface area contributed by atoms with E-state index in [9.17, 15) is 45.6 Å². The van der Waals surface area contributed by atoms with Crippen molar-refractivity contribution in [2.75, 3.05) is 39.4 Å². The maximum absolute atomic E-state index is 12.1. The van der Waals surface area contributed by atoms with Gasteiger partial charge < -0.3 is 66.7 Å². The lowest BCUT2D eigenvalue weighted by molar-refractivity contribution is -0.405. The van der Waals surface area contributed by atoms with Gasteiger partial charge in [-0.1, -0.05) is 0 Å². The monoisotopic (exact) mass is 455 g/mol. The molecule has 2 rings (SSSR count). The molecule has 14 nitrogen and oxygen atoms in total. The molecule has 12 N–H and O–H groups in total. The minimum Gasteiger partial charge on any atom is -0.396 e. The first-order chi connectivity index (χ1) is 14.6. The molecule has 2 fully saturated rings. The number of carbonyl (C=O) groups is 1. The lowest BCUT2D eigenvalue weighted by atomic mass is 9.88. The number of nitrogens with two attached hydrogens (primary N) is 1. The normalized spacial score (nSPS) is 36.2. The van der Waals surface area contributed by atoms with Crippen molar-refractivity contribution in [3.63, 3.8) is 0 Å². The summed E-state index contributed by atoms with van der Waals surface area (Å²) in [6, 6.07) is 0. The number of fused-ring (bicyclic) bond motifs is 1. The highest BCUT2D eigenvalue weighted by Crippen LogP contribution is 2.49. The van der Waals surface area contributed by atoms with Crippen molar-refractivity contribution in [3.8, 4) is 0 Å². The second kappa shape index (κ2) is 11.2. The molecule has 2 aliphatic rings. The van der Waals surface area contributed by atoms with E-state index in [4.69, 9.17) is 15.2 Å². The Balaban J connectivity index is 2.01. The van der Waals surface area contributed by atoms with E-state index in [0.29, 0.717) is 19.6 Å². The number of hydrogen-bond acceptors (Lipinski definition) is 13. The molecule has 0 bridgehead atoms. The first kappa shape index (κ1) is 26.2. The maximum Gasteiger partial charge on any atom is 0.251 e. The van der Waals surface area contributed by atoms with Crippen molar-refractivity contribution < 1.29 is 55.1 Å². The summed E-state index contributed by atoms with van der Waals surface area (Å²) < 4.78 is 10.6. The van der Waals surface area contributed by atoms with E-state index in [0.717, 1.165) is 0 Å². The Kier molecular flexibility index (Phi) is 9.50. The molecule has 8 unspecified atom stereocenters. The van der Waals surface area contributed by atoms with Gasteiger partial charge in [0.25, 0.3) is 5.91 Å². The second-order valence-corrected chi connectivity index (χ2v) is 7.67. The fourth-order valence-corrected chi connectivity index (χ4v) is 3.78. The first-order valence-electron chi connectivity index (χ1n) is 9.98. The number of amides is 1. The van der Waals surface area contributed by atoms with Crippen LogP contribution in [0.4, 0.5) is 0 Å². The molecule has 1 amide bonds. The van der Waals surface area contributed by atoms with Gasteiger partial charge in [-0.15, -0.1) is 0 Å². The lowest BCUT2D eigenvalue weighted by Crippen LogP contribution is -2.71. The van der Waals surface area contributed by atoms with Crippen LogP contribution in [0.3, 0.4) is 0 Å². The average molecular weight is 455 g/mol. The number of nitrogens with one attached hydrogen (secondary N) is 2. The summed E-state index contributed by atoms with van der Waals surface area (Å²) >= 11 is 0. The van der Waals surface area contributed by atoms with Crippen LogP contribution in [0.2, 0.25) is 0 Å². The van der Waals surface area contributed by atoms with Crippen LogP contribution in [-0.4, -0.2) is 141 Å². The van der Waals surface area contributed by atoms with Crippen molar-refractivity contribution in [2.45, 2.75) is 54.6 Å². The minimum absolute atomic E-state index is 0.108. The Morgan fingerprint density at radius 3 is 2.42 bits per heavy atom. The van der Waals surface area contributed by atoms with Crippen LogP contribution >= 0.6 is 0 Å². The van der Waals surface area contributed by atoms with E-state index in [2.05, 4.69) is 10.6 Å². The second-order valence-electron chi connectivity index (χ2n) is 7.67. The molecule has 1 saturated heterocycles. The van der Waals surface area contributed by atoms with Gasteiger partial charge in [0.15, 0.2) is 18.0 Å². The summed E-state index contributed by atoms with van der Waals surface area (Å²) in [4.78, 5) is 12.1. The van der Waals surface area contributed by atoms with Crippen LogP contribution in [0.15, 0.2) is 0 Å². The predicted octanol–water partition coefficient (Wildman–Crippen LogP) is -7.09. The van der Waals surface area contributed by atoms with Gasteiger partial charge in [-0.2, -0.15) is 0 Å². The van der Waals surface area contributed by atoms with Gasteiger partial charge in [0.2, 0.25) is 0 Å². The molecule has 0 spiro atoms. The number of hydrogen-bond donors (Lipinski definition) is 11. The highest BCUT2D eigenvalue weighted by molar-refractivity contribution is 5.81. The number of aliphatic hydroxyl groups is 8. The van der Waals surface area contributed by atoms with Gasteiger partial charge in [-0.3, -0.25) is 4.79 Å². The van der Waals surface area contributed by atoms with Crippen LogP contribution in [-0.2, 0) is 14.3 Å². The lowest BCUT2D eigenvalue weighted by Gasteiger charge is -2.51. The molecule has 1 saturated carbocycles. The molecule has 0 aromatic carbocycles. The van der Waals surface area contributed by atoms with Gasteiger partial charge in [-0.05, 0) is 0 Å². The summed E-state index contributed by atoms with van der Waals surface area (Å²) in [6.45, 7) is -0.157. The predicted molar refractivity (Wildman–Crippen MR) is 101 cm³/mol. The molecule has 14 heteroatoms. The van der Waals surface area contributed by atoms with E-state index < -0.39 is 79.7 Å². The van der Waals surface area contributed by atoms with E-state index in [1.807, 2.05) is 0 Å². The highest BCUT2D eigenvalue weighted by atomic mass is 16.7. The summed E-state index contributed by atoms with van der Waals surface area (Å²) in [5, 5.41) is 85.2. The smallest absolute Gasteiger partial charge is 0.251 e. The molecule has 182 valence electrons. The van der Waals surface area contributed by atoms with Gasteiger partial charge >= 0.3 is 0 Å². The van der Waals surface area contributed by atoms with E-state index in [1.165, 1.54) is 0 Å². The standard InChI is InChI=1S/C17H33N3O11/c18-1-2-19-3-4-20-15(28)11(26)10(25)12(8(23)6-22)30-16-17(29)13(27)9(24)7(5-21)14(17)31-16/h7-14,16,19,21-27,29H,1-6,18H2,(H,20,28)/t7?,8?,9-,10?,11?,12?,13?,14?,16+,17?/m0/s1. The fraction of sp³-hybridized carbons (Fsp3) is 0.941. The highest BCUT2D eigenvalue weighted by Gasteiger charge is 2.72. The Labute approximate surface area is 178 Å². The Morgan fingerprint density at radius 1 is 1.16 bits per heavy atom. The molecule has 0 aromatic heterocycles. The number of carbonyl (C=O) groups excluding carboxylic acids is 1. The van der Waals surface area contributed by atoms with E-state index in [1.54, 1.807) is 0 Å². The molecule has 1 aliphatic carbocycles. The Morgan fingerprint density at radius 2 is 1.84 bits per heavy atom. The van der Waals surface area contributed by atoms with Gasteiger partial charge in [0, 0.05) is 32.1 Å². The third-order valence-electron chi connectivity index (χ3n) is 5.64. The van der Waals surface area contributed by atoms with Crippen LogP contribution in [0, 0.1) is 5.92 Å². The molecular formula is C17H33N3O11.